The Morgan fingerprint density at radius 2 is 1.22 bits per heavy atom. The fraction of sp³-hybridized carbons (Fsp3) is 0.517. The van der Waals surface area contributed by atoms with Gasteiger partial charge < -0.3 is 39.9 Å². The molecule has 8 atom stereocenters. The van der Waals surface area contributed by atoms with Crippen molar-refractivity contribution in [1.82, 2.24) is 40.4 Å². The zero-order valence-electron chi connectivity index (χ0n) is 43.6. The maximum Gasteiger partial charge on any atom is 0.407 e. The Morgan fingerprint density at radius 3 is 1.77 bits per heavy atom. The van der Waals surface area contributed by atoms with Gasteiger partial charge in [0.05, 0.1) is 37.7 Å². The van der Waals surface area contributed by atoms with Crippen molar-refractivity contribution in [3.63, 3.8) is 0 Å². The number of rotatable bonds is 15. The van der Waals surface area contributed by atoms with E-state index in [1.807, 2.05) is 34.7 Å². The van der Waals surface area contributed by atoms with Crippen LogP contribution in [0.3, 0.4) is 0 Å². The summed E-state index contributed by atoms with van der Waals surface area (Å²) in [6.45, 7) is 9.17. The molecule has 4 aromatic rings. The molecule has 4 unspecified atom stereocenters. The van der Waals surface area contributed by atoms with E-state index >= 15 is 0 Å². The Labute approximate surface area is 445 Å². The van der Waals surface area contributed by atoms with Crippen LogP contribution in [-0.4, -0.2) is 116 Å². The predicted octanol–water partition coefficient (Wildman–Crippen LogP) is 11.2. The van der Waals surface area contributed by atoms with Gasteiger partial charge in [0, 0.05) is 35.6 Å². The minimum Gasteiger partial charge on any atom is -0.453 e. The molecule has 2 saturated heterocycles. The molecule has 0 radical (unpaired) electrons. The molecule has 2 aromatic carbocycles. The summed E-state index contributed by atoms with van der Waals surface area (Å²) in [5.41, 5.74) is 10.3. The van der Waals surface area contributed by atoms with E-state index < -0.39 is 24.3 Å². The third-order valence-electron chi connectivity index (χ3n) is 16.4. The van der Waals surface area contributed by atoms with E-state index in [0.717, 1.165) is 152 Å². The van der Waals surface area contributed by atoms with Gasteiger partial charge in [-0.25, -0.2) is 19.6 Å². The van der Waals surface area contributed by atoms with Crippen molar-refractivity contribution in [2.45, 2.75) is 139 Å². The molecule has 4 aliphatic carbocycles. The number of amides is 4. The lowest BCUT2D eigenvalue weighted by molar-refractivity contribution is -0.138. The number of carbonyl (C=O) groups excluding carboxylic acids is 4. The second kappa shape index (κ2) is 24.3. The van der Waals surface area contributed by atoms with Gasteiger partial charge in [-0.15, -0.1) is 0 Å². The van der Waals surface area contributed by atoms with E-state index in [1.165, 1.54) is 30.9 Å². The number of nitrogens with one attached hydrogen (secondary N) is 4. The van der Waals surface area contributed by atoms with Crippen molar-refractivity contribution in [1.29, 1.82) is 0 Å². The number of aromatic amines is 2. The first kappa shape index (κ1) is 53.1. The van der Waals surface area contributed by atoms with Crippen LogP contribution < -0.4 is 10.6 Å². The summed E-state index contributed by atoms with van der Waals surface area (Å²) in [6, 6.07) is 13.9. The molecule has 14 nitrogen and oxygen atoms in total. The zero-order valence-corrected chi connectivity index (χ0v) is 45.2. The average Bonchev–Trinajstić information content (AvgIpc) is 4.26. The van der Waals surface area contributed by atoms with Crippen LogP contribution in [0.5, 0.6) is 0 Å². The number of imidazole rings is 2. The molecule has 0 spiro atoms. The lowest BCUT2D eigenvalue weighted by Gasteiger charge is -2.36. The molecule has 2 bridgehead atoms. The van der Waals surface area contributed by atoms with E-state index in [2.05, 4.69) is 82.3 Å². The number of aryl methyl sites for hydroxylation is 2. The average molecular weight is 1040 g/mol. The Kier molecular flexibility index (Phi) is 17.4. The van der Waals surface area contributed by atoms with E-state index in [9.17, 15) is 19.2 Å². The number of allylic oxidation sites excluding steroid dienone is 4. The van der Waals surface area contributed by atoms with Gasteiger partial charge in [-0.2, -0.15) is 23.5 Å². The summed E-state index contributed by atoms with van der Waals surface area (Å²) in [5, 5.41) is 5.68. The molecule has 4 N–H and O–H groups in total. The summed E-state index contributed by atoms with van der Waals surface area (Å²) in [7, 11) is 2.66. The number of nitrogens with zero attached hydrogens (tertiary/aromatic N) is 4. The number of benzene rings is 2. The fourth-order valence-corrected chi connectivity index (χ4v) is 13.5. The molecule has 4 heterocycles. The number of aromatic nitrogens is 4. The normalized spacial score (nSPS) is 24.4. The van der Waals surface area contributed by atoms with Crippen molar-refractivity contribution in [2.24, 2.45) is 11.8 Å². The maximum absolute atomic E-state index is 14.5. The van der Waals surface area contributed by atoms with Gasteiger partial charge in [0.25, 0.3) is 0 Å². The third-order valence-corrected chi connectivity index (χ3v) is 17.7. The van der Waals surface area contributed by atoms with E-state index in [0.29, 0.717) is 24.7 Å². The number of carbonyl (C=O) groups is 4. The van der Waals surface area contributed by atoms with Gasteiger partial charge >= 0.3 is 12.2 Å². The second-order valence-corrected chi connectivity index (χ2v) is 22.9. The number of alkyl carbamates (subject to hydrolysis) is 2. The summed E-state index contributed by atoms with van der Waals surface area (Å²) < 4.78 is 9.87. The van der Waals surface area contributed by atoms with Crippen LogP contribution >= 0.6 is 23.5 Å². The Hall–Kier alpha value is -5.74. The summed E-state index contributed by atoms with van der Waals surface area (Å²) in [4.78, 5) is 75.2. The lowest BCUT2D eigenvalue weighted by Crippen LogP contribution is -2.52. The van der Waals surface area contributed by atoms with Gasteiger partial charge in [0.2, 0.25) is 11.8 Å². The molecule has 4 fully saturated rings. The Bertz CT molecular complexity index is 2720. The highest BCUT2D eigenvalue weighted by atomic mass is 32.2. The first-order valence-corrected chi connectivity index (χ1v) is 29.5. The number of thioether (sulfide) groups is 2. The molecule has 2 aromatic heterocycles. The summed E-state index contributed by atoms with van der Waals surface area (Å²) >= 11 is 3.30. The highest BCUT2D eigenvalue weighted by molar-refractivity contribution is 7.98. The molecule has 4 amide bonds. The standard InChI is InChI=1S/C58H74N8O6S2/c1-35-15-19-38-20-18-37(17-16-36(2)43(29-35)48-34-60-54(62-48)52-32-42-12-8-10-14-50(42)66(52)56(68)46(26-28-74-6)64-58(70)72-4)30-44(38)39-21-23-40(24-22-39)47-33-59-53(61-47)51-31-41-11-7-9-13-49(41)65(51)55(67)45(25-27-73-5)63-57(69)71-3/h18,20-24,29-30,33-34,41-42,45-46,49-52H,1-2,7-17,19,25-28,31-32H2,3-6H3,(H,59,61)(H,60,62)(H,63,69)(H,64,70)/b43-29+/t41?,42?,45-,46-,49?,50?,51-,52-/m0/s1. The Balaban J connectivity index is 0.911. The number of ether oxygens (including phenoxy) is 2. The van der Waals surface area contributed by atoms with Crippen LogP contribution in [0.15, 0.2) is 85.2 Å². The van der Waals surface area contributed by atoms with Crippen LogP contribution in [0.25, 0.3) is 28.0 Å². The van der Waals surface area contributed by atoms with Gasteiger partial charge in [0.1, 0.15) is 23.7 Å². The van der Waals surface area contributed by atoms with Crippen LogP contribution in [0, 0.1) is 11.8 Å². The molecule has 394 valence electrons. The van der Waals surface area contributed by atoms with Crippen molar-refractivity contribution >= 4 is 53.1 Å². The summed E-state index contributed by atoms with van der Waals surface area (Å²) in [6.07, 6.45) is 23.2. The van der Waals surface area contributed by atoms with Crippen molar-refractivity contribution in [3.05, 3.63) is 114 Å². The second-order valence-electron chi connectivity index (χ2n) is 20.9. The molecule has 16 heteroatoms. The first-order chi connectivity index (χ1) is 36.0. The quantitative estimate of drug-likeness (QED) is 0.0897. The van der Waals surface area contributed by atoms with Crippen LogP contribution in [-0.2, 0) is 31.9 Å². The molecular weight excluding hydrogens is 969 g/mol. The number of hydrogen-bond donors (Lipinski definition) is 4. The molecule has 10 rings (SSSR count). The van der Waals surface area contributed by atoms with Crippen molar-refractivity contribution in [3.8, 4) is 22.4 Å². The topological polar surface area (TPSA) is 175 Å². The predicted molar refractivity (Wildman–Crippen MR) is 296 cm³/mol. The smallest absolute Gasteiger partial charge is 0.407 e. The van der Waals surface area contributed by atoms with E-state index in [4.69, 9.17) is 19.4 Å². The van der Waals surface area contributed by atoms with Crippen LogP contribution in [0.2, 0.25) is 0 Å². The van der Waals surface area contributed by atoms with E-state index in [-0.39, 0.29) is 36.0 Å². The summed E-state index contributed by atoms with van der Waals surface area (Å²) in [5.74, 6) is 3.67. The zero-order chi connectivity index (χ0) is 51.9. The minimum atomic E-state index is -0.679. The molecule has 74 heavy (non-hydrogen) atoms. The largest absolute Gasteiger partial charge is 0.453 e. The van der Waals surface area contributed by atoms with Gasteiger partial charge in [0.15, 0.2) is 0 Å². The molecule has 2 saturated carbocycles. The number of hydrogen-bond acceptors (Lipinski definition) is 10. The van der Waals surface area contributed by atoms with E-state index in [1.54, 1.807) is 23.5 Å². The molecule has 2 aliphatic heterocycles. The van der Waals surface area contributed by atoms with Crippen LogP contribution in [0.4, 0.5) is 9.59 Å². The van der Waals surface area contributed by atoms with Gasteiger partial charge in [-0.3, -0.25) is 9.59 Å². The fourth-order valence-electron chi connectivity index (χ4n) is 12.5. The number of likely N-dealkylation sites (tertiary alicyclic amines) is 2. The Morgan fingerprint density at radius 1 is 0.689 bits per heavy atom. The van der Waals surface area contributed by atoms with Crippen molar-refractivity contribution in [2.75, 3.05) is 38.2 Å². The lowest BCUT2D eigenvalue weighted by atomic mass is 9.84. The SMILES string of the molecule is C=C1/C=C(/c2c[nH]c([C@@H]3CC4CCCCC4N3C(=O)[C@H](CCSC)NC(=O)OC)n2)C(=C)CCc2ccc(c(-c3ccc(-c4c[nH]c([C@@H]5CC6CCCCC6N5C(=O)[C@H](CCSC)NC(=O)OC)n4)cc3)c2)CC1. The van der Waals surface area contributed by atoms with Gasteiger partial charge in [-0.1, -0.05) is 86.9 Å². The number of fused-ring (bicyclic) bond motifs is 10. The monoisotopic (exact) mass is 1040 g/mol. The maximum atomic E-state index is 14.5. The highest BCUT2D eigenvalue weighted by Gasteiger charge is 2.49. The number of methoxy groups -OCH3 is 2. The first-order valence-electron chi connectivity index (χ1n) is 26.7. The van der Waals surface area contributed by atoms with Crippen LogP contribution in [0.1, 0.15) is 130 Å². The van der Waals surface area contributed by atoms with Crippen molar-refractivity contribution < 1.29 is 28.7 Å². The number of H-pyrrole nitrogens is 2. The highest BCUT2D eigenvalue weighted by Crippen LogP contribution is 2.48. The molecular formula is C58H74N8O6S2. The minimum absolute atomic E-state index is 0.0611. The molecule has 6 aliphatic rings. The van der Waals surface area contributed by atoms with Gasteiger partial charge in [-0.05, 0) is 147 Å². The third kappa shape index (κ3) is 11.7.